The maximum absolute atomic E-state index is 13.2. The molecule has 4 atom stereocenters. The van der Waals surface area contributed by atoms with Gasteiger partial charge in [0, 0.05) is 24.9 Å². The molecule has 3 rings (SSSR count). The van der Waals surface area contributed by atoms with Gasteiger partial charge in [0.15, 0.2) is 0 Å². The fourth-order valence-electron chi connectivity index (χ4n) is 3.97. The minimum absolute atomic E-state index is 0.0778. The Bertz CT molecular complexity index is 1040. The first kappa shape index (κ1) is 25.7. The maximum Gasteiger partial charge on any atom is 0.326 e. The van der Waals surface area contributed by atoms with Crippen LogP contribution in [0.15, 0.2) is 36.8 Å². The number of carboxylic acids is 1. The number of aromatic hydroxyl groups is 1. The van der Waals surface area contributed by atoms with E-state index in [1.165, 1.54) is 36.5 Å². The van der Waals surface area contributed by atoms with Gasteiger partial charge in [0.1, 0.15) is 23.9 Å². The molecule has 0 saturated carbocycles. The number of amides is 3. The summed E-state index contributed by atoms with van der Waals surface area (Å²) >= 11 is 0. The first-order valence-electron chi connectivity index (χ1n) is 11.3. The number of carboxylic acid groups (broad SMARTS) is 1. The molecule has 4 unspecified atom stereocenters. The highest BCUT2D eigenvalue weighted by molar-refractivity contribution is 5.94. The van der Waals surface area contributed by atoms with Crippen LogP contribution in [0.3, 0.4) is 0 Å². The molecule has 1 aliphatic rings. The largest absolute Gasteiger partial charge is 0.508 e. The summed E-state index contributed by atoms with van der Waals surface area (Å²) in [5, 5.41) is 24.0. The van der Waals surface area contributed by atoms with Crippen LogP contribution in [0.4, 0.5) is 0 Å². The van der Waals surface area contributed by atoms with Crippen molar-refractivity contribution in [1.29, 1.82) is 0 Å². The number of likely N-dealkylation sites (tertiary alicyclic amines) is 1. The lowest BCUT2D eigenvalue weighted by molar-refractivity contribution is -0.149. The first-order valence-corrected chi connectivity index (χ1v) is 11.3. The second kappa shape index (κ2) is 11.5. The molecular weight excluding hydrogens is 456 g/mol. The quantitative estimate of drug-likeness (QED) is 0.254. The second-order valence-electron chi connectivity index (χ2n) is 8.58. The number of aliphatic carboxylic acids is 1. The Kier molecular flexibility index (Phi) is 8.42. The van der Waals surface area contributed by atoms with E-state index in [1.54, 1.807) is 12.1 Å². The van der Waals surface area contributed by atoms with Gasteiger partial charge < -0.3 is 36.5 Å². The van der Waals surface area contributed by atoms with Crippen molar-refractivity contribution in [3.63, 3.8) is 0 Å². The standard InChI is InChI=1S/C23H30N6O6/c1-13(27-21(32)17(24)9-14-4-6-16(30)7-5-14)20(31)28-18(10-15-11-25-12-26-15)22(33)29-8-2-3-19(29)23(34)35/h4-7,11-13,17-19,30H,2-3,8-10,24H2,1H3,(H,25,26)(H,27,32)(H,28,31)(H,34,35). The predicted octanol–water partition coefficient (Wildman–Crippen LogP) is -0.707. The third-order valence-corrected chi connectivity index (χ3v) is 5.90. The van der Waals surface area contributed by atoms with E-state index in [4.69, 9.17) is 5.73 Å². The van der Waals surface area contributed by atoms with Crippen LogP contribution < -0.4 is 16.4 Å². The lowest BCUT2D eigenvalue weighted by atomic mass is 10.1. The smallest absolute Gasteiger partial charge is 0.326 e. The van der Waals surface area contributed by atoms with Crippen molar-refractivity contribution < 1.29 is 29.4 Å². The molecular formula is C23H30N6O6. The number of benzene rings is 1. The van der Waals surface area contributed by atoms with Crippen LogP contribution in [0.25, 0.3) is 0 Å². The third kappa shape index (κ3) is 6.79. The van der Waals surface area contributed by atoms with E-state index in [0.29, 0.717) is 18.5 Å². The van der Waals surface area contributed by atoms with E-state index >= 15 is 0 Å². The van der Waals surface area contributed by atoms with Gasteiger partial charge in [0.05, 0.1) is 12.4 Å². The number of nitrogens with one attached hydrogen (secondary N) is 3. The molecule has 2 aromatic rings. The Morgan fingerprint density at radius 1 is 1.17 bits per heavy atom. The fourth-order valence-corrected chi connectivity index (χ4v) is 3.97. The third-order valence-electron chi connectivity index (χ3n) is 5.90. The maximum atomic E-state index is 13.2. The number of aromatic nitrogens is 2. The molecule has 1 fully saturated rings. The van der Waals surface area contributed by atoms with E-state index < -0.39 is 47.9 Å². The predicted molar refractivity (Wildman–Crippen MR) is 124 cm³/mol. The zero-order chi connectivity index (χ0) is 25.5. The number of H-pyrrole nitrogens is 1. The van der Waals surface area contributed by atoms with Crippen molar-refractivity contribution in [3.05, 3.63) is 48.0 Å². The molecule has 188 valence electrons. The second-order valence-corrected chi connectivity index (χ2v) is 8.58. The molecule has 1 saturated heterocycles. The lowest BCUT2D eigenvalue weighted by Gasteiger charge is -2.28. The van der Waals surface area contributed by atoms with Gasteiger partial charge in [-0.2, -0.15) is 0 Å². The Morgan fingerprint density at radius 3 is 2.51 bits per heavy atom. The molecule has 2 heterocycles. The molecule has 0 radical (unpaired) electrons. The van der Waals surface area contributed by atoms with Gasteiger partial charge in [0.25, 0.3) is 0 Å². The summed E-state index contributed by atoms with van der Waals surface area (Å²) < 4.78 is 0. The van der Waals surface area contributed by atoms with Gasteiger partial charge in [-0.3, -0.25) is 14.4 Å². The number of carbonyl (C=O) groups excluding carboxylic acids is 3. The number of nitrogens with two attached hydrogens (primary N) is 1. The van der Waals surface area contributed by atoms with Crippen molar-refractivity contribution in [3.8, 4) is 5.75 Å². The van der Waals surface area contributed by atoms with Crippen molar-refractivity contribution in [2.24, 2.45) is 5.73 Å². The van der Waals surface area contributed by atoms with Crippen LogP contribution >= 0.6 is 0 Å². The van der Waals surface area contributed by atoms with E-state index in [1.807, 2.05) is 0 Å². The molecule has 1 aromatic carbocycles. The number of hydrogen-bond donors (Lipinski definition) is 6. The molecule has 35 heavy (non-hydrogen) atoms. The van der Waals surface area contributed by atoms with E-state index in [0.717, 1.165) is 5.56 Å². The summed E-state index contributed by atoms with van der Waals surface area (Å²) in [7, 11) is 0. The van der Waals surface area contributed by atoms with Crippen LogP contribution in [0.2, 0.25) is 0 Å². The highest BCUT2D eigenvalue weighted by Gasteiger charge is 2.38. The van der Waals surface area contributed by atoms with Gasteiger partial charge in [-0.05, 0) is 43.9 Å². The van der Waals surface area contributed by atoms with Crippen LogP contribution in [0.5, 0.6) is 5.75 Å². The minimum Gasteiger partial charge on any atom is -0.508 e. The van der Waals surface area contributed by atoms with Crippen LogP contribution in [0, 0.1) is 0 Å². The van der Waals surface area contributed by atoms with Crippen LogP contribution in [-0.4, -0.2) is 79.5 Å². The molecule has 0 aliphatic carbocycles. The monoisotopic (exact) mass is 486 g/mol. The number of imidazole rings is 1. The van der Waals surface area contributed by atoms with Crippen molar-refractivity contribution in [2.45, 2.75) is 56.8 Å². The van der Waals surface area contributed by atoms with Gasteiger partial charge >= 0.3 is 5.97 Å². The summed E-state index contributed by atoms with van der Waals surface area (Å²) in [5.41, 5.74) is 7.30. The highest BCUT2D eigenvalue weighted by atomic mass is 16.4. The van der Waals surface area contributed by atoms with Gasteiger partial charge in [-0.15, -0.1) is 0 Å². The van der Waals surface area contributed by atoms with Crippen LogP contribution in [0.1, 0.15) is 31.0 Å². The molecule has 0 spiro atoms. The number of phenols is 1. The van der Waals surface area contributed by atoms with Gasteiger partial charge in [-0.25, -0.2) is 9.78 Å². The highest BCUT2D eigenvalue weighted by Crippen LogP contribution is 2.19. The molecule has 7 N–H and O–H groups in total. The van der Waals surface area contributed by atoms with Crippen molar-refractivity contribution in [1.82, 2.24) is 25.5 Å². The number of aromatic amines is 1. The summed E-state index contributed by atoms with van der Waals surface area (Å²) in [4.78, 5) is 58.2. The normalized spacial score (nSPS) is 17.9. The molecule has 1 aromatic heterocycles. The lowest BCUT2D eigenvalue weighted by Crippen LogP contribution is -2.57. The number of carbonyl (C=O) groups is 4. The first-order chi connectivity index (χ1) is 16.7. The average Bonchev–Trinajstić information content (AvgIpc) is 3.51. The molecule has 0 bridgehead atoms. The van der Waals surface area contributed by atoms with Crippen molar-refractivity contribution in [2.75, 3.05) is 6.54 Å². The number of rotatable bonds is 10. The van der Waals surface area contributed by atoms with Crippen molar-refractivity contribution >= 4 is 23.7 Å². The van der Waals surface area contributed by atoms with E-state index in [9.17, 15) is 29.4 Å². The minimum atomic E-state index is -1.09. The summed E-state index contributed by atoms with van der Waals surface area (Å²) in [6.07, 6.45) is 4.13. The van der Waals surface area contributed by atoms with E-state index in [2.05, 4.69) is 20.6 Å². The number of nitrogens with zero attached hydrogens (tertiary/aromatic N) is 2. The Labute approximate surface area is 201 Å². The van der Waals surface area contributed by atoms with E-state index in [-0.39, 0.29) is 25.1 Å². The molecule has 3 amide bonds. The van der Waals surface area contributed by atoms with Gasteiger partial charge in [0.2, 0.25) is 17.7 Å². The Morgan fingerprint density at radius 2 is 1.89 bits per heavy atom. The Hall–Kier alpha value is -3.93. The zero-order valence-electron chi connectivity index (χ0n) is 19.3. The SMILES string of the molecule is CC(NC(=O)C(N)Cc1ccc(O)cc1)C(=O)NC(Cc1cnc[nH]1)C(=O)N1CCCC1C(=O)O. The molecule has 12 nitrogen and oxygen atoms in total. The topological polar surface area (TPSA) is 191 Å². The average molecular weight is 487 g/mol. The summed E-state index contributed by atoms with van der Waals surface area (Å²) in [5.74, 6) is -2.67. The zero-order valence-corrected chi connectivity index (χ0v) is 19.3. The Balaban J connectivity index is 1.63. The summed E-state index contributed by atoms with van der Waals surface area (Å²) in [6.45, 7) is 1.75. The number of hydrogen-bond acceptors (Lipinski definition) is 7. The number of phenolic OH excluding ortho intramolecular Hbond substituents is 1. The molecule has 12 heteroatoms. The fraction of sp³-hybridized carbons (Fsp3) is 0.435. The molecule has 1 aliphatic heterocycles. The van der Waals surface area contributed by atoms with Crippen LogP contribution in [-0.2, 0) is 32.0 Å². The summed E-state index contributed by atoms with van der Waals surface area (Å²) in [6, 6.07) is 2.34. The van der Waals surface area contributed by atoms with Gasteiger partial charge in [-0.1, -0.05) is 12.1 Å².